The number of nitrogens with zero attached hydrogens (tertiary/aromatic N) is 1. The third-order valence-corrected chi connectivity index (χ3v) is 6.30. The quantitative estimate of drug-likeness (QED) is 0.294. The van der Waals surface area contributed by atoms with Gasteiger partial charge in [-0.25, -0.2) is 4.99 Å². The Hall–Kier alpha value is -1.02. The van der Waals surface area contributed by atoms with E-state index in [0.717, 1.165) is 45.3 Å². The van der Waals surface area contributed by atoms with Crippen molar-refractivity contribution in [1.29, 1.82) is 0 Å². The van der Waals surface area contributed by atoms with E-state index in [1.807, 2.05) is 6.21 Å². The van der Waals surface area contributed by atoms with E-state index in [1.54, 1.807) is 0 Å². The Kier molecular flexibility index (Phi) is 10.4. The summed E-state index contributed by atoms with van der Waals surface area (Å²) < 4.78 is 0. The van der Waals surface area contributed by atoms with Gasteiger partial charge in [-0.2, -0.15) is 0 Å². The molecule has 1 unspecified atom stereocenters. The van der Waals surface area contributed by atoms with E-state index in [-0.39, 0.29) is 18.6 Å². The van der Waals surface area contributed by atoms with Gasteiger partial charge >= 0.3 is 5.97 Å². The van der Waals surface area contributed by atoms with Crippen LogP contribution < -0.4 is 10.2 Å². The van der Waals surface area contributed by atoms with Crippen LogP contribution in [0.25, 0.3) is 0 Å². The van der Waals surface area contributed by atoms with Crippen LogP contribution in [0.2, 0.25) is 0 Å². The Morgan fingerprint density at radius 3 is 2.54 bits per heavy atom. The number of unbranched alkanes of at least 4 members (excludes halogenated alkanes) is 6. The van der Waals surface area contributed by atoms with E-state index in [4.69, 9.17) is 5.11 Å². The molecule has 162 valence electrons. The molecule has 2 aliphatic heterocycles. The second-order valence-corrected chi connectivity index (χ2v) is 8.66. The standard InChI is InChI=1S/C21H39N3O4/c1-16-20(26)14-19(24-12-11-22-15-24)18(23-16)10-8-6-4-2-3-5-7-9-17(25)13-21(27)28/h11,16-20,23,25-26H,2-10,12-15H2,1H3,(H,27,28)/p+1/t16-,17+,18+,19-,20+/m0/s1. The zero-order chi connectivity index (χ0) is 20.4. The zero-order valence-corrected chi connectivity index (χ0v) is 17.4. The van der Waals surface area contributed by atoms with Crippen molar-refractivity contribution in [2.75, 3.05) is 13.2 Å². The van der Waals surface area contributed by atoms with Crippen molar-refractivity contribution in [2.24, 2.45) is 4.99 Å². The van der Waals surface area contributed by atoms with E-state index in [0.29, 0.717) is 18.5 Å². The minimum atomic E-state index is -0.926. The van der Waals surface area contributed by atoms with Gasteiger partial charge in [-0.15, -0.1) is 0 Å². The Labute approximate surface area is 169 Å². The van der Waals surface area contributed by atoms with Gasteiger partial charge in [-0.1, -0.05) is 44.9 Å². The number of piperidine rings is 1. The van der Waals surface area contributed by atoms with Crippen molar-refractivity contribution in [2.45, 2.75) is 108 Å². The molecule has 0 aromatic heterocycles. The first kappa shape index (κ1) is 23.3. The second kappa shape index (κ2) is 12.5. The molecule has 1 saturated heterocycles. The van der Waals surface area contributed by atoms with Gasteiger partial charge in [0.05, 0.1) is 30.9 Å². The van der Waals surface area contributed by atoms with Gasteiger partial charge in [0.1, 0.15) is 12.6 Å². The molecule has 2 aliphatic rings. The fourth-order valence-corrected chi connectivity index (χ4v) is 4.56. The summed E-state index contributed by atoms with van der Waals surface area (Å²) in [6.45, 7) is 3.90. The summed E-state index contributed by atoms with van der Waals surface area (Å²) in [4.78, 5) is 16.4. The monoisotopic (exact) mass is 398 g/mol. The lowest BCUT2D eigenvalue weighted by Gasteiger charge is -2.41. The van der Waals surface area contributed by atoms with Crippen molar-refractivity contribution >= 4 is 12.2 Å². The molecule has 0 spiro atoms. The molecule has 0 aromatic carbocycles. The average Bonchev–Trinajstić information content (AvgIpc) is 3.16. The summed E-state index contributed by atoms with van der Waals surface area (Å²) in [5.74, 6) is -0.926. The highest BCUT2D eigenvalue weighted by atomic mass is 16.4. The Morgan fingerprint density at radius 1 is 1.21 bits per heavy atom. The van der Waals surface area contributed by atoms with Crippen molar-refractivity contribution in [3.8, 4) is 0 Å². The number of aliphatic imine (C=N–C) groups is 1. The van der Waals surface area contributed by atoms with Crippen LogP contribution in [0.4, 0.5) is 0 Å². The summed E-state index contributed by atoms with van der Waals surface area (Å²) in [5, 5.41) is 32.1. The highest BCUT2D eigenvalue weighted by Gasteiger charge is 2.39. The predicted molar refractivity (Wildman–Crippen MR) is 110 cm³/mol. The van der Waals surface area contributed by atoms with Crippen LogP contribution in [0, 0.1) is 0 Å². The number of carbonyl (C=O) groups is 1. The topological polar surface area (TPSA) is 107 Å². The molecule has 0 bridgehead atoms. The number of carboxylic acid groups (broad SMARTS) is 1. The largest absolute Gasteiger partial charge is 0.481 e. The smallest absolute Gasteiger partial charge is 0.305 e. The number of aliphatic hydroxyl groups is 2. The second-order valence-electron chi connectivity index (χ2n) is 8.66. The summed E-state index contributed by atoms with van der Waals surface area (Å²) >= 11 is 0. The molecule has 5 N–H and O–H groups in total. The van der Waals surface area contributed by atoms with Crippen LogP contribution in [0.15, 0.2) is 4.99 Å². The van der Waals surface area contributed by atoms with E-state index in [9.17, 15) is 15.0 Å². The van der Waals surface area contributed by atoms with Gasteiger partial charge in [0.2, 0.25) is 0 Å². The van der Waals surface area contributed by atoms with Crippen molar-refractivity contribution in [1.82, 2.24) is 5.32 Å². The van der Waals surface area contributed by atoms with Gasteiger partial charge in [0, 0.05) is 12.5 Å². The lowest BCUT2D eigenvalue weighted by atomic mass is 9.87. The number of aliphatic carboxylic acids is 1. The molecule has 7 heteroatoms. The highest BCUT2D eigenvalue weighted by Crippen LogP contribution is 2.18. The Bertz CT molecular complexity index is 480. The van der Waals surface area contributed by atoms with Gasteiger partial charge < -0.3 is 25.5 Å². The first-order chi connectivity index (χ1) is 13.5. The van der Waals surface area contributed by atoms with E-state index in [1.165, 1.54) is 30.6 Å². The molecular formula is C21H40N3O4+. The average molecular weight is 399 g/mol. The van der Waals surface area contributed by atoms with Crippen molar-refractivity contribution in [3.05, 3.63) is 0 Å². The maximum absolute atomic E-state index is 10.5. The molecule has 0 radical (unpaired) electrons. The van der Waals surface area contributed by atoms with E-state index >= 15 is 0 Å². The summed E-state index contributed by atoms with van der Waals surface area (Å²) in [7, 11) is 0. The molecule has 28 heavy (non-hydrogen) atoms. The molecule has 0 saturated carbocycles. The molecule has 6 atom stereocenters. The SMILES string of the molecule is C[C@@H]1N[C@H](CCCCCCCCC[C@@H](O)CC(=O)O)[C@@H]([NH+]2CC=NC2)C[C@H]1O. The molecule has 0 aromatic rings. The third kappa shape index (κ3) is 8.15. The van der Waals surface area contributed by atoms with E-state index < -0.39 is 12.1 Å². The number of hydrogen-bond donors (Lipinski definition) is 5. The fraction of sp³-hybridized carbons (Fsp3) is 0.905. The van der Waals surface area contributed by atoms with Crippen molar-refractivity contribution in [3.63, 3.8) is 0 Å². The lowest BCUT2D eigenvalue weighted by Crippen LogP contribution is -3.16. The molecular weight excluding hydrogens is 358 g/mol. The molecule has 1 fully saturated rings. The Morgan fingerprint density at radius 2 is 1.89 bits per heavy atom. The summed E-state index contributed by atoms with van der Waals surface area (Å²) in [6.07, 6.45) is 11.5. The first-order valence-electron chi connectivity index (χ1n) is 11.1. The number of quaternary nitrogens is 1. The number of carboxylic acids is 1. The predicted octanol–water partition coefficient (Wildman–Crippen LogP) is 0.740. The van der Waals surface area contributed by atoms with E-state index in [2.05, 4.69) is 17.2 Å². The van der Waals surface area contributed by atoms with Crippen LogP contribution in [-0.2, 0) is 4.79 Å². The Balaban J connectivity index is 1.53. The molecule has 0 aliphatic carbocycles. The maximum Gasteiger partial charge on any atom is 0.305 e. The lowest BCUT2D eigenvalue weighted by molar-refractivity contribution is -0.914. The number of rotatable bonds is 13. The zero-order valence-electron chi connectivity index (χ0n) is 17.4. The summed E-state index contributed by atoms with van der Waals surface area (Å²) in [6, 6.07) is 1.08. The first-order valence-corrected chi connectivity index (χ1v) is 11.1. The number of nitrogens with one attached hydrogen (secondary N) is 2. The van der Waals surface area contributed by atoms with Crippen LogP contribution in [0.1, 0.15) is 77.6 Å². The number of aliphatic hydroxyl groups excluding tert-OH is 2. The molecule has 2 heterocycles. The normalized spacial score (nSPS) is 31.2. The molecule has 7 nitrogen and oxygen atoms in total. The van der Waals surface area contributed by atoms with Crippen LogP contribution in [0.5, 0.6) is 0 Å². The van der Waals surface area contributed by atoms with Crippen LogP contribution >= 0.6 is 0 Å². The van der Waals surface area contributed by atoms with Gasteiger partial charge in [0.15, 0.2) is 6.67 Å². The van der Waals surface area contributed by atoms with Gasteiger partial charge in [-0.05, 0) is 19.8 Å². The fourth-order valence-electron chi connectivity index (χ4n) is 4.56. The number of hydrogen-bond acceptors (Lipinski definition) is 5. The third-order valence-electron chi connectivity index (χ3n) is 6.30. The van der Waals surface area contributed by atoms with Crippen molar-refractivity contribution < 1.29 is 25.0 Å². The van der Waals surface area contributed by atoms with Gasteiger partial charge in [-0.3, -0.25) is 4.79 Å². The van der Waals surface area contributed by atoms with Crippen LogP contribution in [-0.4, -0.2) is 71.1 Å². The minimum absolute atomic E-state index is 0.142. The summed E-state index contributed by atoms with van der Waals surface area (Å²) in [5.41, 5.74) is 0. The molecule has 0 amide bonds. The van der Waals surface area contributed by atoms with Gasteiger partial charge in [0.25, 0.3) is 0 Å². The van der Waals surface area contributed by atoms with Crippen LogP contribution in [0.3, 0.4) is 0 Å². The highest BCUT2D eigenvalue weighted by molar-refractivity contribution is 5.67. The molecule has 2 rings (SSSR count). The minimum Gasteiger partial charge on any atom is -0.481 e. The maximum atomic E-state index is 10.5.